The quantitative estimate of drug-likeness (QED) is 0.539. The number of nitrogens with two attached hydrogens (primary N) is 1. The van der Waals surface area contributed by atoms with Gasteiger partial charge in [-0.05, 0) is 43.4 Å². The summed E-state index contributed by atoms with van der Waals surface area (Å²) < 4.78 is 5.60. The summed E-state index contributed by atoms with van der Waals surface area (Å²) in [7, 11) is 0. The van der Waals surface area contributed by atoms with Gasteiger partial charge in [-0.1, -0.05) is 28.1 Å². The summed E-state index contributed by atoms with van der Waals surface area (Å²) in [6.07, 6.45) is 3.68. The Bertz CT molecular complexity index is 381. The molecule has 0 bridgehead atoms. The lowest BCUT2D eigenvalue weighted by molar-refractivity contribution is -0.138. The SMILES string of the molecule is N[C@@H](Cc1ccc(OCCCCCBr)cc1)C(=O)O. The lowest BCUT2D eigenvalue weighted by Crippen LogP contribution is -2.32. The molecule has 0 amide bonds. The van der Waals surface area contributed by atoms with E-state index in [-0.39, 0.29) is 0 Å². The summed E-state index contributed by atoms with van der Waals surface area (Å²) in [5.41, 5.74) is 6.38. The minimum absolute atomic E-state index is 0.334. The molecule has 0 heterocycles. The maximum atomic E-state index is 10.6. The molecule has 1 rings (SSSR count). The fourth-order valence-electron chi connectivity index (χ4n) is 1.63. The summed E-state index contributed by atoms with van der Waals surface area (Å²) in [5.74, 6) is -0.168. The van der Waals surface area contributed by atoms with Crippen molar-refractivity contribution in [2.75, 3.05) is 11.9 Å². The molecule has 0 saturated carbocycles. The van der Waals surface area contributed by atoms with E-state index in [1.54, 1.807) is 0 Å². The predicted molar refractivity (Wildman–Crippen MR) is 78.9 cm³/mol. The number of carboxylic acid groups (broad SMARTS) is 1. The summed E-state index contributed by atoms with van der Waals surface area (Å²) >= 11 is 3.39. The van der Waals surface area contributed by atoms with Crippen LogP contribution in [0.1, 0.15) is 24.8 Å². The fraction of sp³-hybridized carbons (Fsp3) is 0.500. The van der Waals surface area contributed by atoms with Crippen LogP contribution in [0.5, 0.6) is 5.75 Å². The van der Waals surface area contributed by atoms with Gasteiger partial charge in [-0.25, -0.2) is 0 Å². The number of ether oxygens (including phenoxy) is 1. The van der Waals surface area contributed by atoms with E-state index in [4.69, 9.17) is 15.6 Å². The van der Waals surface area contributed by atoms with E-state index >= 15 is 0 Å². The highest BCUT2D eigenvalue weighted by atomic mass is 79.9. The third kappa shape index (κ3) is 6.59. The van der Waals surface area contributed by atoms with Gasteiger partial charge in [-0.2, -0.15) is 0 Å². The summed E-state index contributed by atoms with van der Waals surface area (Å²) in [5, 5.41) is 9.77. The first-order valence-electron chi connectivity index (χ1n) is 6.39. The summed E-state index contributed by atoms with van der Waals surface area (Å²) in [6, 6.07) is 6.58. The molecule has 0 spiro atoms. The van der Waals surface area contributed by atoms with Crippen LogP contribution >= 0.6 is 15.9 Å². The maximum absolute atomic E-state index is 10.6. The molecule has 0 aliphatic carbocycles. The van der Waals surface area contributed by atoms with Crippen molar-refractivity contribution in [1.29, 1.82) is 0 Å². The van der Waals surface area contributed by atoms with Gasteiger partial charge in [0.1, 0.15) is 11.8 Å². The molecular formula is C14H20BrNO3. The highest BCUT2D eigenvalue weighted by Crippen LogP contribution is 2.14. The van der Waals surface area contributed by atoms with E-state index < -0.39 is 12.0 Å². The number of alkyl halides is 1. The second kappa shape index (κ2) is 8.93. The predicted octanol–water partition coefficient (Wildman–Crippen LogP) is 2.59. The van der Waals surface area contributed by atoms with Gasteiger partial charge < -0.3 is 15.6 Å². The van der Waals surface area contributed by atoms with Crippen LogP contribution in [-0.4, -0.2) is 29.1 Å². The molecule has 0 aliphatic heterocycles. The van der Waals surface area contributed by atoms with Crippen LogP contribution in [0, 0.1) is 0 Å². The number of rotatable bonds is 9. The maximum Gasteiger partial charge on any atom is 0.320 e. The van der Waals surface area contributed by atoms with Crippen LogP contribution in [0.25, 0.3) is 0 Å². The number of halogens is 1. The second-order valence-corrected chi connectivity index (χ2v) is 5.18. The van der Waals surface area contributed by atoms with Crippen LogP contribution in [0.3, 0.4) is 0 Å². The molecule has 1 aromatic carbocycles. The van der Waals surface area contributed by atoms with E-state index in [2.05, 4.69) is 15.9 Å². The summed E-state index contributed by atoms with van der Waals surface area (Å²) in [6.45, 7) is 0.709. The second-order valence-electron chi connectivity index (χ2n) is 4.39. The number of hydrogen-bond acceptors (Lipinski definition) is 3. The first-order valence-corrected chi connectivity index (χ1v) is 7.51. The van der Waals surface area contributed by atoms with E-state index in [1.807, 2.05) is 24.3 Å². The molecule has 19 heavy (non-hydrogen) atoms. The largest absolute Gasteiger partial charge is 0.494 e. The fourth-order valence-corrected chi connectivity index (χ4v) is 2.02. The Morgan fingerprint density at radius 2 is 1.95 bits per heavy atom. The Morgan fingerprint density at radius 1 is 1.26 bits per heavy atom. The molecule has 5 heteroatoms. The standard InChI is InChI=1S/C14H20BrNO3/c15-8-2-1-3-9-19-12-6-4-11(5-7-12)10-13(16)14(17)18/h4-7,13H,1-3,8-10,16H2,(H,17,18)/t13-/m0/s1. The lowest BCUT2D eigenvalue weighted by atomic mass is 10.1. The topological polar surface area (TPSA) is 72.5 Å². The van der Waals surface area contributed by atoms with Crippen molar-refractivity contribution in [1.82, 2.24) is 0 Å². The van der Waals surface area contributed by atoms with Crippen molar-refractivity contribution in [3.8, 4) is 5.75 Å². The number of aliphatic carboxylic acids is 1. The van der Waals surface area contributed by atoms with Gasteiger partial charge in [-0.15, -0.1) is 0 Å². The van der Waals surface area contributed by atoms with Gasteiger partial charge in [0.25, 0.3) is 0 Å². The molecule has 4 nitrogen and oxygen atoms in total. The minimum Gasteiger partial charge on any atom is -0.494 e. The van der Waals surface area contributed by atoms with Crippen LogP contribution < -0.4 is 10.5 Å². The number of benzene rings is 1. The third-order valence-electron chi connectivity index (χ3n) is 2.74. The first-order chi connectivity index (χ1) is 9.13. The van der Waals surface area contributed by atoms with Gasteiger partial charge in [0, 0.05) is 5.33 Å². The first kappa shape index (κ1) is 16.0. The smallest absolute Gasteiger partial charge is 0.320 e. The Hall–Kier alpha value is -1.07. The average molecular weight is 330 g/mol. The Balaban J connectivity index is 2.33. The van der Waals surface area contributed by atoms with Crippen molar-refractivity contribution in [2.24, 2.45) is 5.73 Å². The summed E-state index contributed by atoms with van der Waals surface area (Å²) in [4.78, 5) is 10.6. The zero-order valence-electron chi connectivity index (χ0n) is 10.8. The van der Waals surface area contributed by atoms with Gasteiger partial charge >= 0.3 is 5.97 Å². The number of carboxylic acids is 1. The van der Waals surface area contributed by atoms with Crippen molar-refractivity contribution in [3.05, 3.63) is 29.8 Å². The van der Waals surface area contributed by atoms with E-state index in [9.17, 15) is 4.79 Å². The molecule has 3 N–H and O–H groups in total. The Kier molecular flexibility index (Phi) is 7.52. The molecular weight excluding hydrogens is 310 g/mol. The molecule has 0 aliphatic rings. The normalized spacial score (nSPS) is 12.1. The van der Waals surface area contributed by atoms with Gasteiger partial charge in [-0.3, -0.25) is 4.79 Å². The Labute approximate surface area is 122 Å². The monoisotopic (exact) mass is 329 g/mol. The number of hydrogen-bond donors (Lipinski definition) is 2. The van der Waals surface area contributed by atoms with Crippen molar-refractivity contribution in [3.63, 3.8) is 0 Å². The van der Waals surface area contributed by atoms with E-state index in [0.717, 1.165) is 35.9 Å². The molecule has 106 valence electrons. The highest BCUT2D eigenvalue weighted by Gasteiger charge is 2.11. The minimum atomic E-state index is -0.980. The molecule has 1 aromatic rings. The zero-order chi connectivity index (χ0) is 14.1. The van der Waals surface area contributed by atoms with Crippen molar-refractivity contribution < 1.29 is 14.6 Å². The lowest BCUT2D eigenvalue weighted by Gasteiger charge is -2.09. The van der Waals surface area contributed by atoms with Crippen molar-refractivity contribution >= 4 is 21.9 Å². The van der Waals surface area contributed by atoms with Gasteiger partial charge in [0.15, 0.2) is 0 Å². The molecule has 0 aromatic heterocycles. The molecule has 0 radical (unpaired) electrons. The van der Waals surface area contributed by atoms with Crippen molar-refractivity contribution in [2.45, 2.75) is 31.7 Å². The molecule has 0 fully saturated rings. The molecule has 0 saturated heterocycles. The Morgan fingerprint density at radius 3 is 2.53 bits per heavy atom. The molecule has 1 atom stereocenters. The van der Waals surface area contributed by atoms with Crippen LogP contribution in [0.15, 0.2) is 24.3 Å². The van der Waals surface area contributed by atoms with Gasteiger partial charge in [0.05, 0.1) is 6.61 Å². The zero-order valence-corrected chi connectivity index (χ0v) is 12.4. The van der Waals surface area contributed by atoms with Gasteiger partial charge in [0.2, 0.25) is 0 Å². The van der Waals surface area contributed by atoms with Crippen LogP contribution in [-0.2, 0) is 11.2 Å². The number of unbranched alkanes of at least 4 members (excludes halogenated alkanes) is 2. The molecule has 0 unspecified atom stereocenters. The number of carbonyl (C=O) groups is 1. The average Bonchev–Trinajstić information content (AvgIpc) is 2.40. The van der Waals surface area contributed by atoms with E-state index in [0.29, 0.717) is 13.0 Å². The van der Waals surface area contributed by atoms with Crippen LogP contribution in [0.2, 0.25) is 0 Å². The highest BCUT2D eigenvalue weighted by molar-refractivity contribution is 9.09. The van der Waals surface area contributed by atoms with Crippen LogP contribution in [0.4, 0.5) is 0 Å². The van der Waals surface area contributed by atoms with E-state index in [1.165, 1.54) is 0 Å². The third-order valence-corrected chi connectivity index (χ3v) is 3.30.